The Morgan fingerprint density at radius 1 is 1.10 bits per heavy atom. The number of piperidine rings is 1. The van der Waals surface area contributed by atoms with Crippen LogP contribution in [0.15, 0.2) is 23.1 Å². The summed E-state index contributed by atoms with van der Waals surface area (Å²) >= 11 is 0. The summed E-state index contributed by atoms with van der Waals surface area (Å²) < 4.78 is 37.7. The van der Waals surface area contributed by atoms with Crippen molar-refractivity contribution in [3.05, 3.63) is 23.8 Å². The predicted molar refractivity (Wildman–Crippen MR) is 115 cm³/mol. The van der Waals surface area contributed by atoms with Crippen molar-refractivity contribution in [1.82, 2.24) is 9.21 Å². The van der Waals surface area contributed by atoms with Crippen molar-refractivity contribution in [3.63, 3.8) is 0 Å². The molecule has 172 valence electrons. The molecule has 8 nitrogen and oxygen atoms in total. The zero-order valence-corrected chi connectivity index (χ0v) is 19.2. The van der Waals surface area contributed by atoms with Crippen molar-refractivity contribution in [3.8, 4) is 5.75 Å². The van der Waals surface area contributed by atoms with Crippen LogP contribution in [0, 0.1) is 5.92 Å². The van der Waals surface area contributed by atoms with Crippen LogP contribution < -0.4 is 4.74 Å². The van der Waals surface area contributed by atoms with E-state index in [0.29, 0.717) is 63.4 Å². The highest BCUT2D eigenvalue weighted by molar-refractivity contribution is 7.89. The molecule has 0 N–H and O–H groups in total. The number of methoxy groups -OCH3 is 1. The second kappa shape index (κ2) is 10.5. The van der Waals surface area contributed by atoms with Gasteiger partial charge in [-0.05, 0) is 62.8 Å². The number of sulfonamides is 1. The fraction of sp³-hybridized carbons (Fsp3) is 0.636. The molecule has 2 saturated heterocycles. The van der Waals surface area contributed by atoms with E-state index in [-0.39, 0.29) is 29.1 Å². The monoisotopic (exact) mass is 452 g/mol. The molecule has 2 fully saturated rings. The first-order chi connectivity index (χ1) is 14.9. The molecule has 0 spiro atoms. The van der Waals surface area contributed by atoms with Crippen molar-refractivity contribution in [1.29, 1.82) is 0 Å². The molecule has 0 unspecified atom stereocenters. The van der Waals surface area contributed by atoms with E-state index in [9.17, 15) is 18.0 Å². The number of hydrogen-bond donors (Lipinski definition) is 0. The zero-order chi connectivity index (χ0) is 22.4. The molecule has 3 rings (SSSR count). The molecule has 0 aliphatic carbocycles. The van der Waals surface area contributed by atoms with Crippen molar-refractivity contribution in [2.45, 2.75) is 50.3 Å². The van der Waals surface area contributed by atoms with Gasteiger partial charge in [-0.2, -0.15) is 4.31 Å². The number of amides is 1. The standard InChI is InChI=1S/C22H32N2O6S/c1-3-30-22(26)17-10-14-23(15-11-17)21(25)9-6-18-16-19(7-8-20(18)29-2)31(27,28)24-12-4-5-13-24/h7-8,16-17H,3-6,9-15H2,1-2H3. The van der Waals surface area contributed by atoms with Crippen LogP contribution in [0.2, 0.25) is 0 Å². The first-order valence-electron chi connectivity index (χ1n) is 11.0. The van der Waals surface area contributed by atoms with E-state index >= 15 is 0 Å². The van der Waals surface area contributed by atoms with Crippen molar-refractivity contribution in [2.24, 2.45) is 5.92 Å². The van der Waals surface area contributed by atoms with Gasteiger partial charge in [0.2, 0.25) is 15.9 Å². The van der Waals surface area contributed by atoms with E-state index in [0.717, 1.165) is 12.8 Å². The lowest BCUT2D eigenvalue weighted by Crippen LogP contribution is -2.40. The highest BCUT2D eigenvalue weighted by Gasteiger charge is 2.29. The van der Waals surface area contributed by atoms with Gasteiger partial charge >= 0.3 is 5.97 Å². The van der Waals surface area contributed by atoms with Crippen LogP contribution in [0.5, 0.6) is 5.75 Å². The number of aryl methyl sites for hydroxylation is 1. The largest absolute Gasteiger partial charge is 0.496 e. The van der Waals surface area contributed by atoms with Gasteiger partial charge in [-0.15, -0.1) is 0 Å². The van der Waals surface area contributed by atoms with Crippen LogP contribution in [0.1, 0.15) is 44.6 Å². The van der Waals surface area contributed by atoms with Crippen LogP contribution in [-0.2, 0) is 30.8 Å². The Labute approximate surface area is 184 Å². The van der Waals surface area contributed by atoms with Crippen LogP contribution in [0.3, 0.4) is 0 Å². The average Bonchev–Trinajstić information content (AvgIpc) is 3.33. The van der Waals surface area contributed by atoms with Gasteiger partial charge < -0.3 is 14.4 Å². The second-order valence-electron chi connectivity index (χ2n) is 7.99. The number of hydrogen-bond acceptors (Lipinski definition) is 6. The van der Waals surface area contributed by atoms with E-state index in [4.69, 9.17) is 9.47 Å². The van der Waals surface area contributed by atoms with E-state index in [1.807, 2.05) is 0 Å². The Morgan fingerprint density at radius 2 is 1.77 bits per heavy atom. The fourth-order valence-electron chi connectivity index (χ4n) is 4.21. The molecule has 0 bridgehead atoms. The van der Waals surface area contributed by atoms with Gasteiger partial charge in [0, 0.05) is 32.6 Å². The van der Waals surface area contributed by atoms with Crippen molar-refractivity contribution in [2.75, 3.05) is 39.9 Å². The second-order valence-corrected chi connectivity index (χ2v) is 9.93. The number of likely N-dealkylation sites (tertiary alicyclic amines) is 1. The minimum Gasteiger partial charge on any atom is -0.496 e. The lowest BCUT2D eigenvalue weighted by atomic mass is 9.96. The molecule has 31 heavy (non-hydrogen) atoms. The number of carbonyl (C=O) groups is 2. The predicted octanol–water partition coefficient (Wildman–Crippen LogP) is 2.21. The minimum absolute atomic E-state index is 0.00262. The molecular formula is C22H32N2O6S. The van der Waals surface area contributed by atoms with Crippen LogP contribution >= 0.6 is 0 Å². The molecule has 1 amide bonds. The topological polar surface area (TPSA) is 93.2 Å². The third-order valence-electron chi connectivity index (χ3n) is 6.03. The molecule has 0 aromatic heterocycles. The fourth-order valence-corrected chi connectivity index (χ4v) is 5.78. The summed E-state index contributed by atoms with van der Waals surface area (Å²) in [5, 5.41) is 0. The van der Waals surface area contributed by atoms with Crippen LogP contribution in [-0.4, -0.2) is 69.4 Å². The molecule has 9 heteroatoms. The van der Waals surface area contributed by atoms with Crippen molar-refractivity contribution < 1.29 is 27.5 Å². The maximum absolute atomic E-state index is 12.9. The Balaban J connectivity index is 1.62. The number of benzene rings is 1. The molecule has 2 aliphatic rings. The maximum atomic E-state index is 12.9. The Morgan fingerprint density at radius 3 is 2.39 bits per heavy atom. The Hall–Kier alpha value is -2.13. The summed E-state index contributed by atoms with van der Waals surface area (Å²) in [5.41, 5.74) is 0.706. The number of ether oxygens (including phenoxy) is 2. The quantitative estimate of drug-likeness (QED) is 0.562. The lowest BCUT2D eigenvalue weighted by Gasteiger charge is -2.31. The van der Waals surface area contributed by atoms with Gasteiger partial charge in [-0.3, -0.25) is 9.59 Å². The molecule has 2 aliphatic heterocycles. The average molecular weight is 453 g/mol. The number of rotatable bonds is 8. The number of nitrogens with zero attached hydrogens (tertiary/aromatic N) is 2. The third kappa shape index (κ3) is 5.57. The van der Waals surface area contributed by atoms with E-state index in [1.165, 1.54) is 11.4 Å². The summed E-state index contributed by atoms with van der Waals surface area (Å²) in [7, 11) is -1.99. The van der Waals surface area contributed by atoms with E-state index in [1.54, 1.807) is 30.0 Å². The Kier molecular flexibility index (Phi) is 7.94. The summed E-state index contributed by atoms with van der Waals surface area (Å²) in [4.78, 5) is 26.6. The van der Waals surface area contributed by atoms with Gasteiger partial charge in [-0.25, -0.2) is 8.42 Å². The summed E-state index contributed by atoms with van der Waals surface area (Å²) in [5.74, 6) is 0.248. The van der Waals surface area contributed by atoms with E-state index in [2.05, 4.69) is 0 Å². The highest BCUT2D eigenvalue weighted by atomic mass is 32.2. The van der Waals surface area contributed by atoms with Gasteiger partial charge in [0.05, 0.1) is 24.5 Å². The zero-order valence-electron chi connectivity index (χ0n) is 18.3. The highest BCUT2D eigenvalue weighted by Crippen LogP contribution is 2.28. The molecule has 1 aromatic rings. The number of carbonyl (C=O) groups excluding carboxylic acids is 2. The summed E-state index contributed by atoms with van der Waals surface area (Å²) in [6.45, 7) is 4.31. The summed E-state index contributed by atoms with van der Waals surface area (Å²) in [6.07, 6.45) is 3.62. The molecule has 1 aromatic carbocycles. The first kappa shape index (κ1) is 23.5. The smallest absolute Gasteiger partial charge is 0.309 e. The van der Waals surface area contributed by atoms with Crippen LogP contribution in [0.25, 0.3) is 0 Å². The SMILES string of the molecule is CCOC(=O)C1CCN(C(=O)CCc2cc(S(=O)(=O)N3CCCC3)ccc2OC)CC1. The normalized spacial score (nSPS) is 18.2. The lowest BCUT2D eigenvalue weighted by molar-refractivity contribution is -0.151. The molecule has 2 heterocycles. The summed E-state index contributed by atoms with van der Waals surface area (Å²) in [6, 6.07) is 4.86. The minimum atomic E-state index is -3.53. The Bertz CT molecular complexity index is 887. The van der Waals surface area contributed by atoms with Gasteiger partial charge in [-0.1, -0.05) is 0 Å². The van der Waals surface area contributed by atoms with Crippen LogP contribution in [0.4, 0.5) is 0 Å². The van der Waals surface area contributed by atoms with Crippen molar-refractivity contribution >= 4 is 21.9 Å². The van der Waals surface area contributed by atoms with Gasteiger partial charge in [0.15, 0.2) is 0 Å². The molecule has 0 saturated carbocycles. The van der Waals surface area contributed by atoms with Gasteiger partial charge in [0.1, 0.15) is 5.75 Å². The first-order valence-corrected chi connectivity index (χ1v) is 12.4. The number of esters is 1. The third-order valence-corrected chi connectivity index (χ3v) is 7.93. The maximum Gasteiger partial charge on any atom is 0.309 e. The molecule has 0 atom stereocenters. The molecule has 0 radical (unpaired) electrons. The van der Waals surface area contributed by atoms with E-state index < -0.39 is 10.0 Å². The molecular weight excluding hydrogens is 420 g/mol. The van der Waals surface area contributed by atoms with Gasteiger partial charge in [0.25, 0.3) is 0 Å².